The van der Waals surface area contributed by atoms with Gasteiger partial charge in [0.1, 0.15) is 0 Å². The number of non-ortho nitro benzene ring substituents is 1. The highest BCUT2D eigenvalue weighted by molar-refractivity contribution is 6.42. The molecule has 0 aliphatic heterocycles. The van der Waals surface area contributed by atoms with Gasteiger partial charge in [0, 0.05) is 12.1 Å². The number of nitrogens with one attached hydrogen (secondary N) is 1. The van der Waals surface area contributed by atoms with Crippen LogP contribution in [0.4, 0.5) is 5.69 Å². The molecule has 0 fully saturated rings. The van der Waals surface area contributed by atoms with E-state index in [4.69, 9.17) is 23.2 Å². The Bertz CT molecular complexity index is 761. The molecule has 6 nitrogen and oxygen atoms in total. The molecule has 0 radical (unpaired) electrons. The van der Waals surface area contributed by atoms with Crippen molar-refractivity contribution in [2.24, 2.45) is 5.10 Å². The normalized spacial score (nSPS) is 10.7. The summed E-state index contributed by atoms with van der Waals surface area (Å²) in [5.74, 6) is -0.338. The van der Waals surface area contributed by atoms with Crippen LogP contribution in [0, 0.1) is 10.1 Å². The Labute approximate surface area is 141 Å². The predicted octanol–water partition coefficient (Wildman–Crippen LogP) is 3.59. The Morgan fingerprint density at radius 1 is 1.17 bits per heavy atom. The largest absolute Gasteiger partial charge is 0.273 e. The van der Waals surface area contributed by atoms with E-state index in [0.717, 1.165) is 0 Å². The van der Waals surface area contributed by atoms with Crippen LogP contribution in [0.1, 0.15) is 11.1 Å². The number of nitro groups is 1. The molecule has 0 saturated heterocycles. The topological polar surface area (TPSA) is 84.6 Å². The van der Waals surface area contributed by atoms with Gasteiger partial charge in [0.2, 0.25) is 5.91 Å². The molecular weight excluding hydrogens is 341 g/mol. The Hall–Kier alpha value is -2.44. The van der Waals surface area contributed by atoms with Gasteiger partial charge in [0.05, 0.1) is 27.6 Å². The Balaban J connectivity index is 1.90. The van der Waals surface area contributed by atoms with Crippen LogP contribution >= 0.6 is 23.2 Å². The van der Waals surface area contributed by atoms with Crippen LogP contribution in [0.3, 0.4) is 0 Å². The molecule has 0 unspecified atom stereocenters. The van der Waals surface area contributed by atoms with Crippen molar-refractivity contribution < 1.29 is 9.72 Å². The molecule has 0 aliphatic carbocycles. The Kier molecular flexibility index (Phi) is 5.67. The van der Waals surface area contributed by atoms with Gasteiger partial charge in [-0.1, -0.05) is 41.4 Å². The fourth-order valence-corrected chi connectivity index (χ4v) is 2.04. The van der Waals surface area contributed by atoms with Gasteiger partial charge in [-0.05, 0) is 23.3 Å². The van der Waals surface area contributed by atoms with Gasteiger partial charge in [0.15, 0.2) is 0 Å². The minimum atomic E-state index is -0.495. The monoisotopic (exact) mass is 351 g/mol. The quantitative estimate of drug-likeness (QED) is 0.507. The van der Waals surface area contributed by atoms with Gasteiger partial charge >= 0.3 is 0 Å². The molecule has 118 valence electrons. The fourth-order valence-electron chi connectivity index (χ4n) is 1.73. The number of nitro benzene ring substituents is 1. The molecule has 8 heteroatoms. The minimum Gasteiger partial charge on any atom is -0.273 e. The average molecular weight is 352 g/mol. The molecule has 0 atom stereocenters. The van der Waals surface area contributed by atoms with Gasteiger partial charge in [0.25, 0.3) is 5.69 Å². The number of hydrogen-bond donors (Lipinski definition) is 1. The summed E-state index contributed by atoms with van der Waals surface area (Å²) in [4.78, 5) is 21.8. The fraction of sp³-hybridized carbons (Fsp3) is 0.0667. The molecule has 2 aromatic carbocycles. The van der Waals surface area contributed by atoms with Gasteiger partial charge in [-0.2, -0.15) is 5.10 Å². The smallest absolute Gasteiger partial charge is 0.269 e. The summed E-state index contributed by atoms with van der Waals surface area (Å²) < 4.78 is 0. The number of amides is 1. The van der Waals surface area contributed by atoms with Crippen molar-refractivity contribution in [3.63, 3.8) is 0 Å². The first-order valence-electron chi connectivity index (χ1n) is 6.46. The Morgan fingerprint density at radius 3 is 2.48 bits per heavy atom. The molecule has 23 heavy (non-hydrogen) atoms. The van der Waals surface area contributed by atoms with Crippen molar-refractivity contribution in [2.75, 3.05) is 0 Å². The van der Waals surface area contributed by atoms with E-state index in [2.05, 4.69) is 10.5 Å². The maximum absolute atomic E-state index is 11.7. The number of rotatable bonds is 5. The standard InChI is InChI=1S/C15H11Cl2N3O3/c16-13-6-3-11(7-14(13)17)9-18-19-15(21)8-10-1-4-12(5-2-10)20(22)23/h1-7,9H,8H2,(H,19,21). The third-order valence-corrected chi connectivity index (χ3v) is 3.60. The lowest BCUT2D eigenvalue weighted by atomic mass is 10.1. The summed E-state index contributed by atoms with van der Waals surface area (Å²) in [5.41, 5.74) is 3.69. The minimum absolute atomic E-state index is 0.0215. The molecule has 0 bridgehead atoms. The van der Waals surface area contributed by atoms with Crippen molar-refractivity contribution in [2.45, 2.75) is 6.42 Å². The third-order valence-electron chi connectivity index (χ3n) is 2.86. The molecule has 0 aromatic heterocycles. The summed E-state index contributed by atoms with van der Waals surface area (Å²) in [6.45, 7) is 0. The van der Waals surface area contributed by atoms with E-state index in [9.17, 15) is 14.9 Å². The first-order chi connectivity index (χ1) is 11.0. The van der Waals surface area contributed by atoms with Crippen molar-refractivity contribution >= 4 is 41.0 Å². The molecule has 0 heterocycles. The zero-order valence-corrected chi connectivity index (χ0v) is 13.2. The Morgan fingerprint density at radius 2 is 1.87 bits per heavy atom. The number of hydrazone groups is 1. The summed E-state index contributed by atoms with van der Waals surface area (Å²) >= 11 is 11.7. The van der Waals surface area contributed by atoms with E-state index < -0.39 is 4.92 Å². The lowest BCUT2D eigenvalue weighted by Gasteiger charge is -2.01. The first kappa shape index (κ1) is 16.9. The van der Waals surface area contributed by atoms with E-state index in [1.807, 2.05) is 0 Å². The lowest BCUT2D eigenvalue weighted by molar-refractivity contribution is -0.384. The second kappa shape index (κ2) is 7.71. The van der Waals surface area contributed by atoms with Gasteiger partial charge in [-0.25, -0.2) is 5.43 Å². The van der Waals surface area contributed by atoms with E-state index in [1.54, 1.807) is 18.2 Å². The van der Waals surface area contributed by atoms with E-state index in [0.29, 0.717) is 21.2 Å². The molecular formula is C15H11Cl2N3O3. The first-order valence-corrected chi connectivity index (χ1v) is 7.21. The highest BCUT2D eigenvalue weighted by Gasteiger charge is 2.06. The van der Waals surface area contributed by atoms with Crippen LogP contribution in [-0.2, 0) is 11.2 Å². The van der Waals surface area contributed by atoms with Gasteiger partial charge in [-0.15, -0.1) is 0 Å². The SMILES string of the molecule is O=C(Cc1ccc([N+](=O)[O-])cc1)NN=Cc1ccc(Cl)c(Cl)c1. The number of nitrogens with zero attached hydrogens (tertiary/aromatic N) is 2. The molecule has 1 N–H and O–H groups in total. The number of benzene rings is 2. The summed E-state index contributed by atoms with van der Waals surface area (Å²) in [6, 6.07) is 10.7. The van der Waals surface area contributed by atoms with Crippen molar-refractivity contribution in [1.82, 2.24) is 5.43 Å². The molecule has 0 saturated carbocycles. The van der Waals surface area contributed by atoms with Crippen LogP contribution in [-0.4, -0.2) is 17.0 Å². The second-order valence-electron chi connectivity index (χ2n) is 4.57. The predicted molar refractivity (Wildman–Crippen MR) is 89.0 cm³/mol. The van der Waals surface area contributed by atoms with Crippen LogP contribution < -0.4 is 5.43 Å². The summed E-state index contributed by atoms with van der Waals surface area (Å²) in [7, 11) is 0. The van der Waals surface area contributed by atoms with Crippen LogP contribution in [0.2, 0.25) is 10.0 Å². The third kappa shape index (κ3) is 5.05. The highest BCUT2D eigenvalue weighted by atomic mass is 35.5. The molecule has 0 spiro atoms. The van der Waals surface area contributed by atoms with Gasteiger partial charge < -0.3 is 0 Å². The number of hydrogen-bond acceptors (Lipinski definition) is 4. The molecule has 0 aliphatic rings. The average Bonchev–Trinajstić information content (AvgIpc) is 2.51. The zero-order chi connectivity index (χ0) is 16.8. The van der Waals surface area contributed by atoms with Crippen LogP contribution in [0.25, 0.3) is 0 Å². The second-order valence-corrected chi connectivity index (χ2v) is 5.38. The van der Waals surface area contributed by atoms with E-state index in [1.165, 1.54) is 30.5 Å². The van der Waals surface area contributed by atoms with Crippen LogP contribution in [0.5, 0.6) is 0 Å². The molecule has 2 aromatic rings. The van der Waals surface area contributed by atoms with Crippen LogP contribution in [0.15, 0.2) is 47.6 Å². The maximum atomic E-state index is 11.7. The molecule has 2 rings (SSSR count). The number of carbonyl (C=O) groups is 1. The van der Waals surface area contributed by atoms with E-state index in [-0.39, 0.29) is 18.0 Å². The van der Waals surface area contributed by atoms with Gasteiger partial charge in [-0.3, -0.25) is 14.9 Å². The van der Waals surface area contributed by atoms with Crippen molar-refractivity contribution in [3.05, 3.63) is 73.8 Å². The van der Waals surface area contributed by atoms with E-state index >= 15 is 0 Å². The summed E-state index contributed by atoms with van der Waals surface area (Å²) in [6.07, 6.45) is 1.51. The highest BCUT2D eigenvalue weighted by Crippen LogP contribution is 2.21. The lowest BCUT2D eigenvalue weighted by Crippen LogP contribution is -2.19. The maximum Gasteiger partial charge on any atom is 0.269 e. The molecule has 1 amide bonds. The number of carbonyl (C=O) groups excluding carboxylic acids is 1. The van der Waals surface area contributed by atoms with Crippen molar-refractivity contribution in [3.8, 4) is 0 Å². The number of halogens is 2. The summed E-state index contributed by atoms with van der Waals surface area (Å²) in [5, 5.41) is 15.2. The van der Waals surface area contributed by atoms with Crippen molar-refractivity contribution in [1.29, 1.82) is 0 Å². The zero-order valence-electron chi connectivity index (χ0n) is 11.7.